The number of nitrogens with one attached hydrogen (secondary N) is 1. The van der Waals surface area contributed by atoms with Crippen LogP contribution < -0.4 is 4.57 Å². The molecule has 0 fully saturated rings. The van der Waals surface area contributed by atoms with Crippen LogP contribution in [0.2, 0.25) is 0 Å². The van der Waals surface area contributed by atoms with E-state index in [0.717, 1.165) is 15.9 Å². The van der Waals surface area contributed by atoms with Crippen LogP contribution in [0, 0.1) is 6.92 Å². The predicted octanol–water partition coefficient (Wildman–Crippen LogP) is 2.26. The Balaban J connectivity index is 2.15. The summed E-state index contributed by atoms with van der Waals surface area (Å²) < 4.78 is 2.87. The minimum atomic E-state index is 0.111. The third-order valence-corrected chi connectivity index (χ3v) is 2.99. The molecule has 2 aromatic rings. The third kappa shape index (κ3) is 2.39. The average Bonchev–Trinajstić information content (AvgIpc) is 2.65. The molecule has 0 unspecified atom stereocenters. The number of H-pyrrole nitrogens is 1. The molecular formula is C12H12BrN2O+. The number of aromatic amines is 1. The van der Waals surface area contributed by atoms with Gasteiger partial charge in [-0.3, -0.25) is 4.79 Å². The maximum atomic E-state index is 11.9. The highest BCUT2D eigenvalue weighted by Crippen LogP contribution is 2.10. The van der Waals surface area contributed by atoms with Crippen molar-refractivity contribution in [1.29, 1.82) is 0 Å². The first-order chi connectivity index (χ1) is 7.66. The molecule has 0 atom stereocenters. The highest BCUT2D eigenvalue weighted by atomic mass is 79.9. The number of benzene rings is 1. The Morgan fingerprint density at radius 1 is 1.38 bits per heavy atom. The van der Waals surface area contributed by atoms with Gasteiger partial charge in [-0.25, -0.2) is 9.55 Å². The Morgan fingerprint density at radius 3 is 2.62 bits per heavy atom. The summed E-state index contributed by atoms with van der Waals surface area (Å²) in [7, 11) is 0. The minimum absolute atomic E-state index is 0.111. The van der Waals surface area contributed by atoms with Gasteiger partial charge in [0.25, 0.3) is 5.82 Å². The maximum absolute atomic E-state index is 11.9. The molecular weight excluding hydrogens is 268 g/mol. The van der Waals surface area contributed by atoms with Gasteiger partial charge in [0.1, 0.15) is 12.4 Å². The second-order valence-corrected chi connectivity index (χ2v) is 4.52. The molecule has 0 aliphatic heterocycles. The summed E-state index contributed by atoms with van der Waals surface area (Å²) in [4.78, 5) is 15.0. The van der Waals surface area contributed by atoms with Gasteiger partial charge in [0.05, 0.1) is 0 Å². The minimum Gasteiger partial charge on any atom is -0.290 e. The molecule has 1 N–H and O–H groups in total. The topological polar surface area (TPSA) is 36.7 Å². The van der Waals surface area contributed by atoms with Crippen LogP contribution in [0.15, 0.2) is 41.1 Å². The number of hydrogen-bond donors (Lipinski definition) is 1. The number of hydrogen-bond acceptors (Lipinski definition) is 1. The van der Waals surface area contributed by atoms with Crippen LogP contribution in [0.25, 0.3) is 0 Å². The van der Waals surface area contributed by atoms with Crippen LogP contribution in [0.5, 0.6) is 0 Å². The summed E-state index contributed by atoms with van der Waals surface area (Å²) in [6, 6.07) is 7.41. The Bertz CT molecular complexity index is 502. The van der Waals surface area contributed by atoms with Crippen LogP contribution in [-0.4, -0.2) is 10.8 Å². The Labute approximate surface area is 102 Å². The van der Waals surface area contributed by atoms with Crippen molar-refractivity contribution in [2.75, 3.05) is 0 Å². The van der Waals surface area contributed by atoms with Crippen LogP contribution in [0.1, 0.15) is 16.2 Å². The third-order valence-electron chi connectivity index (χ3n) is 2.46. The lowest BCUT2D eigenvalue weighted by atomic mass is 10.1. The van der Waals surface area contributed by atoms with Gasteiger partial charge in [-0.1, -0.05) is 28.1 Å². The quantitative estimate of drug-likeness (QED) is 0.679. The van der Waals surface area contributed by atoms with E-state index >= 15 is 0 Å². The van der Waals surface area contributed by atoms with Crippen LogP contribution in [-0.2, 0) is 6.54 Å². The van der Waals surface area contributed by atoms with Crippen molar-refractivity contribution in [1.82, 2.24) is 4.98 Å². The standard InChI is InChI=1S/C12H11BrN2O/c1-9-14-6-7-15(9)8-12(16)10-2-4-11(13)5-3-10/h2-7H,8H2,1H3/p+1. The lowest BCUT2D eigenvalue weighted by molar-refractivity contribution is -0.687. The van der Waals surface area contributed by atoms with Crippen LogP contribution in [0.3, 0.4) is 0 Å². The number of ketones is 1. The molecule has 0 aliphatic rings. The Morgan fingerprint density at radius 2 is 2.06 bits per heavy atom. The van der Waals surface area contributed by atoms with Crippen LogP contribution >= 0.6 is 15.9 Å². The van der Waals surface area contributed by atoms with E-state index < -0.39 is 0 Å². The summed E-state index contributed by atoms with van der Waals surface area (Å²) >= 11 is 3.35. The lowest BCUT2D eigenvalue weighted by Crippen LogP contribution is -2.38. The summed E-state index contributed by atoms with van der Waals surface area (Å²) in [5, 5.41) is 0. The van der Waals surface area contributed by atoms with E-state index in [4.69, 9.17) is 0 Å². The van der Waals surface area contributed by atoms with E-state index in [1.165, 1.54) is 0 Å². The van der Waals surface area contributed by atoms with Gasteiger partial charge in [0.2, 0.25) is 5.78 Å². The number of rotatable bonds is 3. The number of imidazole rings is 1. The molecule has 2 rings (SSSR count). The predicted molar refractivity (Wildman–Crippen MR) is 64.2 cm³/mol. The summed E-state index contributed by atoms with van der Waals surface area (Å²) in [6.45, 7) is 2.31. The summed E-state index contributed by atoms with van der Waals surface area (Å²) in [5.74, 6) is 1.09. The maximum Gasteiger partial charge on any atom is 0.251 e. The van der Waals surface area contributed by atoms with E-state index in [9.17, 15) is 4.79 Å². The molecule has 1 aromatic heterocycles. The normalized spacial score (nSPS) is 10.4. The molecule has 16 heavy (non-hydrogen) atoms. The van der Waals surface area contributed by atoms with Gasteiger partial charge in [-0.15, -0.1) is 0 Å². The first-order valence-electron chi connectivity index (χ1n) is 4.99. The second kappa shape index (κ2) is 4.61. The van der Waals surface area contributed by atoms with Crippen molar-refractivity contribution in [3.8, 4) is 0 Å². The number of halogens is 1. The van der Waals surface area contributed by atoms with Crippen molar-refractivity contribution in [3.05, 3.63) is 52.5 Å². The molecule has 1 aromatic carbocycles. The molecule has 0 saturated heterocycles. The molecule has 1 heterocycles. The SMILES string of the molecule is Cc1[nH]cc[n+]1CC(=O)c1ccc(Br)cc1. The van der Waals surface area contributed by atoms with Crippen molar-refractivity contribution >= 4 is 21.7 Å². The molecule has 0 radical (unpaired) electrons. The first kappa shape index (κ1) is 11.1. The zero-order chi connectivity index (χ0) is 11.5. The monoisotopic (exact) mass is 279 g/mol. The molecule has 82 valence electrons. The largest absolute Gasteiger partial charge is 0.290 e. The zero-order valence-corrected chi connectivity index (χ0v) is 10.5. The number of nitrogens with zero attached hydrogens (tertiary/aromatic N) is 1. The summed E-state index contributed by atoms with van der Waals surface area (Å²) in [5.41, 5.74) is 0.733. The van der Waals surface area contributed by atoms with E-state index in [1.807, 2.05) is 48.1 Å². The molecule has 0 amide bonds. The Hall–Kier alpha value is -1.42. The van der Waals surface area contributed by atoms with Crippen molar-refractivity contribution in [2.45, 2.75) is 13.5 Å². The van der Waals surface area contributed by atoms with Gasteiger partial charge in [0, 0.05) is 17.0 Å². The Kier molecular flexibility index (Phi) is 3.19. The fourth-order valence-corrected chi connectivity index (χ4v) is 1.76. The zero-order valence-electron chi connectivity index (χ0n) is 8.90. The number of carbonyl (C=O) groups excluding carboxylic acids is 1. The smallest absolute Gasteiger partial charge is 0.251 e. The summed E-state index contributed by atoms with van der Waals surface area (Å²) in [6.07, 6.45) is 3.69. The molecule has 0 spiro atoms. The highest BCUT2D eigenvalue weighted by molar-refractivity contribution is 9.10. The van der Waals surface area contributed by atoms with Crippen molar-refractivity contribution in [2.24, 2.45) is 0 Å². The van der Waals surface area contributed by atoms with Gasteiger partial charge in [0.15, 0.2) is 6.54 Å². The van der Waals surface area contributed by atoms with Gasteiger partial charge >= 0.3 is 0 Å². The van der Waals surface area contributed by atoms with Crippen molar-refractivity contribution < 1.29 is 9.36 Å². The number of aromatic nitrogens is 2. The van der Waals surface area contributed by atoms with E-state index in [-0.39, 0.29) is 5.78 Å². The highest BCUT2D eigenvalue weighted by Gasteiger charge is 2.12. The number of carbonyl (C=O) groups is 1. The van der Waals surface area contributed by atoms with Gasteiger partial charge in [-0.2, -0.15) is 0 Å². The molecule has 3 nitrogen and oxygen atoms in total. The fourth-order valence-electron chi connectivity index (χ4n) is 1.50. The van der Waals surface area contributed by atoms with E-state index in [2.05, 4.69) is 20.9 Å². The molecule has 0 aliphatic carbocycles. The number of aryl methyl sites for hydroxylation is 1. The van der Waals surface area contributed by atoms with E-state index in [1.54, 1.807) is 0 Å². The first-order valence-corrected chi connectivity index (χ1v) is 5.78. The fraction of sp³-hybridized carbons (Fsp3) is 0.167. The molecule has 0 bridgehead atoms. The number of Topliss-reactive ketones (excluding diaryl/α,β-unsaturated/α-hetero) is 1. The molecule has 0 saturated carbocycles. The average molecular weight is 280 g/mol. The van der Waals surface area contributed by atoms with Crippen molar-refractivity contribution in [3.63, 3.8) is 0 Å². The van der Waals surface area contributed by atoms with Gasteiger partial charge in [-0.05, 0) is 12.1 Å². The lowest BCUT2D eigenvalue weighted by Gasteiger charge is -1.99. The van der Waals surface area contributed by atoms with E-state index in [0.29, 0.717) is 6.54 Å². The molecule has 4 heteroatoms. The van der Waals surface area contributed by atoms with Crippen LogP contribution in [0.4, 0.5) is 0 Å². The van der Waals surface area contributed by atoms with Gasteiger partial charge < -0.3 is 0 Å². The second-order valence-electron chi connectivity index (χ2n) is 3.60.